The number of benzene rings is 1. The fraction of sp³-hybridized carbons (Fsp3) is 0.400. The van der Waals surface area contributed by atoms with Crippen molar-refractivity contribution in [1.82, 2.24) is 15.2 Å². The quantitative estimate of drug-likeness (QED) is 0.895. The third-order valence-electron chi connectivity index (χ3n) is 3.63. The van der Waals surface area contributed by atoms with E-state index in [9.17, 15) is 9.18 Å². The standard InChI is InChI=1S/C15H18FN3O2/c1-19(15(20)14-8-17-4-5-21-14)9-12-7-10-6-11(16)2-3-13(10)18-12/h2-3,6-7,14,17-18H,4-5,8-9H2,1H3/t14-/m1/s1. The summed E-state index contributed by atoms with van der Waals surface area (Å²) >= 11 is 0. The molecule has 1 saturated heterocycles. The number of carbonyl (C=O) groups is 1. The van der Waals surface area contributed by atoms with Gasteiger partial charge < -0.3 is 19.9 Å². The first-order valence-corrected chi connectivity index (χ1v) is 6.98. The van der Waals surface area contributed by atoms with Gasteiger partial charge in [-0.2, -0.15) is 0 Å². The van der Waals surface area contributed by atoms with Crippen LogP contribution in [0.25, 0.3) is 10.9 Å². The largest absolute Gasteiger partial charge is 0.366 e. The molecule has 0 spiro atoms. The number of hydrogen-bond acceptors (Lipinski definition) is 3. The lowest BCUT2D eigenvalue weighted by Gasteiger charge is -2.27. The summed E-state index contributed by atoms with van der Waals surface area (Å²) in [6.07, 6.45) is -0.425. The van der Waals surface area contributed by atoms with Gasteiger partial charge in [0.1, 0.15) is 11.9 Å². The average molecular weight is 291 g/mol. The molecule has 0 radical (unpaired) electrons. The zero-order chi connectivity index (χ0) is 14.8. The molecule has 1 atom stereocenters. The number of halogens is 1. The highest BCUT2D eigenvalue weighted by atomic mass is 19.1. The van der Waals surface area contributed by atoms with Gasteiger partial charge in [0.25, 0.3) is 5.91 Å². The Morgan fingerprint density at radius 3 is 3.10 bits per heavy atom. The second-order valence-corrected chi connectivity index (χ2v) is 5.28. The molecule has 21 heavy (non-hydrogen) atoms. The summed E-state index contributed by atoms with van der Waals surface area (Å²) in [6, 6.07) is 6.46. The van der Waals surface area contributed by atoms with Gasteiger partial charge in [-0.3, -0.25) is 4.79 Å². The van der Waals surface area contributed by atoms with Gasteiger partial charge in [-0.1, -0.05) is 0 Å². The molecule has 5 nitrogen and oxygen atoms in total. The minimum Gasteiger partial charge on any atom is -0.366 e. The molecule has 1 fully saturated rings. The molecular weight excluding hydrogens is 273 g/mol. The number of nitrogens with one attached hydrogen (secondary N) is 2. The van der Waals surface area contributed by atoms with Crippen molar-refractivity contribution in [1.29, 1.82) is 0 Å². The fourth-order valence-electron chi connectivity index (χ4n) is 2.55. The van der Waals surface area contributed by atoms with Crippen LogP contribution in [0.2, 0.25) is 0 Å². The topological polar surface area (TPSA) is 57.4 Å². The van der Waals surface area contributed by atoms with Gasteiger partial charge in [-0.15, -0.1) is 0 Å². The number of carbonyl (C=O) groups excluding carboxylic acids is 1. The van der Waals surface area contributed by atoms with Crippen LogP contribution in [-0.4, -0.2) is 48.6 Å². The Morgan fingerprint density at radius 2 is 2.33 bits per heavy atom. The first-order chi connectivity index (χ1) is 10.1. The Hall–Kier alpha value is -1.92. The van der Waals surface area contributed by atoms with E-state index in [4.69, 9.17) is 4.74 Å². The van der Waals surface area contributed by atoms with Crippen LogP contribution in [0.5, 0.6) is 0 Å². The number of fused-ring (bicyclic) bond motifs is 1. The fourth-order valence-corrected chi connectivity index (χ4v) is 2.55. The number of aromatic nitrogens is 1. The van der Waals surface area contributed by atoms with Crippen LogP contribution in [0.4, 0.5) is 4.39 Å². The van der Waals surface area contributed by atoms with Crippen molar-refractivity contribution in [2.75, 3.05) is 26.7 Å². The lowest BCUT2D eigenvalue weighted by Crippen LogP contribution is -2.48. The Kier molecular flexibility index (Phi) is 3.90. The molecule has 2 heterocycles. The van der Waals surface area contributed by atoms with Crippen LogP contribution in [-0.2, 0) is 16.1 Å². The summed E-state index contributed by atoms with van der Waals surface area (Å²) in [5, 5.41) is 3.95. The molecule has 0 aliphatic carbocycles. The minimum atomic E-state index is -0.425. The monoisotopic (exact) mass is 291 g/mol. The third kappa shape index (κ3) is 3.06. The van der Waals surface area contributed by atoms with Crippen molar-refractivity contribution in [2.24, 2.45) is 0 Å². The molecule has 3 rings (SSSR count). The number of aromatic amines is 1. The zero-order valence-electron chi connectivity index (χ0n) is 11.9. The van der Waals surface area contributed by atoms with E-state index in [1.54, 1.807) is 18.0 Å². The van der Waals surface area contributed by atoms with E-state index in [-0.39, 0.29) is 11.7 Å². The van der Waals surface area contributed by atoms with E-state index in [0.717, 1.165) is 23.1 Å². The molecule has 2 N–H and O–H groups in total. The Bertz CT molecular complexity index is 649. The molecule has 1 aliphatic rings. The Labute approximate surface area is 122 Å². The zero-order valence-corrected chi connectivity index (χ0v) is 11.9. The number of morpholine rings is 1. The highest BCUT2D eigenvalue weighted by Crippen LogP contribution is 2.17. The van der Waals surface area contributed by atoms with Gasteiger partial charge >= 0.3 is 0 Å². The predicted molar refractivity (Wildman–Crippen MR) is 77.3 cm³/mol. The number of nitrogens with zero attached hydrogens (tertiary/aromatic N) is 1. The highest BCUT2D eigenvalue weighted by molar-refractivity contribution is 5.82. The number of ether oxygens (including phenoxy) is 1. The predicted octanol–water partition coefficient (Wildman–Crippen LogP) is 1.25. The van der Waals surface area contributed by atoms with Crippen molar-refractivity contribution in [2.45, 2.75) is 12.6 Å². The number of amides is 1. The Balaban J connectivity index is 1.70. The van der Waals surface area contributed by atoms with E-state index in [1.807, 2.05) is 6.07 Å². The summed E-state index contributed by atoms with van der Waals surface area (Å²) in [5.41, 5.74) is 1.73. The second kappa shape index (κ2) is 5.83. The van der Waals surface area contributed by atoms with Gasteiger partial charge in [0.2, 0.25) is 0 Å². The number of rotatable bonds is 3. The van der Waals surface area contributed by atoms with Gasteiger partial charge in [0.15, 0.2) is 0 Å². The number of H-pyrrole nitrogens is 1. The van der Waals surface area contributed by atoms with E-state index in [2.05, 4.69) is 10.3 Å². The van der Waals surface area contributed by atoms with Crippen LogP contribution in [0.15, 0.2) is 24.3 Å². The maximum Gasteiger partial charge on any atom is 0.253 e. The molecule has 1 amide bonds. The van der Waals surface area contributed by atoms with Crippen molar-refractivity contribution < 1.29 is 13.9 Å². The van der Waals surface area contributed by atoms with Crippen LogP contribution < -0.4 is 5.32 Å². The molecule has 1 aromatic carbocycles. The minimum absolute atomic E-state index is 0.0490. The van der Waals surface area contributed by atoms with Crippen LogP contribution >= 0.6 is 0 Å². The molecule has 0 unspecified atom stereocenters. The molecule has 1 aromatic heterocycles. The summed E-state index contributed by atoms with van der Waals surface area (Å²) in [7, 11) is 1.74. The van der Waals surface area contributed by atoms with E-state index in [1.165, 1.54) is 12.1 Å². The second-order valence-electron chi connectivity index (χ2n) is 5.28. The maximum absolute atomic E-state index is 13.2. The third-order valence-corrected chi connectivity index (χ3v) is 3.63. The van der Waals surface area contributed by atoms with Crippen LogP contribution in [0.3, 0.4) is 0 Å². The van der Waals surface area contributed by atoms with Gasteiger partial charge in [-0.05, 0) is 24.3 Å². The first-order valence-electron chi connectivity index (χ1n) is 6.98. The van der Waals surface area contributed by atoms with Gasteiger partial charge in [0.05, 0.1) is 13.2 Å². The molecular formula is C15H18FN3O2. The van der Waals surface area contributed by atoms with Crippen molar-refractivity contribution in [3.63, 3.8) is 0 Å². The molecule has 0 bridgehead atoms. The first kappa shape index (κ1) is 14.0. The van der Waals surface area contributed by atoms with E-state index >= 15 is 0 Å². The summed E-state index contributed by atoms with van der Waals surface area (Å²) < 4.78 is 18.6. The maximum atomic E-state index is 13.2. The van der Waals surface area contributed by atoms with Crippen molar-refractivity contribution in [3.8, 4) is 0 Å². The molecule has 0 saturated carbocycles. The van der Waals surface area contributed by atoms with E-state index < -0.39 is 6.10 Å². The molecule has 2 aromatic rings. The lowest BCUT2D eigenvalue weighted by molar-refractivity contribution is -0.144. The summed E-state index contributed by atoms with van der Waals surface area (Å²) in [5.74, 6) is -0.314. The summed E-state index contributed by atoms with van der Waals surface area (Å²) in [4.78, 5) is 17.1. The van der Waals surface area contributed by atoms with Gasteiger partial charge in [0, 0.05) is 36.7 Å². The van der Waals surface area contributed by atoms with Gasteiger partial charge in [-0.25, -0.2) is 4.39 Å². The normalized spacial score (nSPS) is 18.9. The summed E-state index contributed by atoms with van der Waals surface area (Å²) in [6.45, 7) is 2.31. The number of likely N-dealkylation sites (N-methyl/N-ethyl adjacent to an activating group) is 1. The average Bonchev–Trinajstić information content (AvgIpc) is 2.88. The SMILES string of the molecule is CN(Cc1cc2cc(F)ccc2[nH]1)C(=O)[C@H]1CNCCO1. The Morgan fingerprint density at radius 1 is 1.48 bits per heavy atom. The molecule has 6 heteroatoms. The molecule has 1 aliphatic heterocycles. The van der Waals surface area contributed by atoms with E-state index in [0.29, 0.717) is 19.7 Å². The number of hydrogen-bond donors (Lipinski definition) is 2. The molecule has 112 valence electrons. The van der Waals surface area contributed by atoms with Crippen LogP contribution in [0, 0.1) is 5.82 Å². The van der Waals surface area contributed by atoms with Crippen LogP contribution in [0.1, 0.15) is 5.69 Å². The highest BCUT2D eigenvalue weighted by Gasteiger charge is 2.25. The van der Waals surface area contributed by atoms with Crippen molar-refractivity contribution >= 4 is 16.8 Å². The lowest BCUT2D eigenvalue weighted by atomic mass is 10.2. The van der Waals surface area contributed by atoms with Crippen molar-refractivity contribution in [3.05, 3.63) is 35.8 Å². The smallest absolute Gasteiger partial charge is 0.253 e.